The zero-order valence-corrected chi connectivity index (χ0v) is 11.4. The highest BCUT2D eigenvalue weighted by Gasteiger charge is 2.10. The highest BCUT2D eigenvalue weighted by molar-refractivity contribution is 7.17. The Labute approximate surface area is 115 Å². The maximum absolute atomic E-state index is 12.3. The van der Waals surface area contributed by atoms with Crippen LogP contribution >= 0.6 is 11.3 Å². The lowest BCUT2D eigenvalue weighted by molar-refractivity contribution is 0.0992. The maximum atomic E-state index is 12.3. The molecule has 0 spiro atoms. The number of Topliss-reactive ketones (excluding diaryl/α,β-unsaturated/α-hetero) is 1. The van der Waals surface area contributed by atoms with Crippen molar-refractivity contribution in [3.63, 3.8) is 0 Å². The van der Waals surface area contributed by atoms with Gasteiger partial charge in [-0.15, -0.1) is 11.3 Å². The second kappa shape index (κ2) is 4.94. The smallest absolute Gasteiger partial charge is 0.168 e. The molecule has 3 heteroatoms. The molecule has 94 valence electrons. The van der Waals surface area contributed by atoms with Gasteiger partial charge in [0.25, 0.3) is 0 Å². The van der Waals surface area contributed by atoms with Crippen molar-refractivity contribution in [2.45, 2.75) is 13.3 Å². The fourth-order valence-electron chi connectivity index (χ4n) is 2.08. The summed E-state index contributed by atoms with van der Waals surface area (Å²) < 4.78 is 1.07. The summed E-state index contributed by atoms with van der Waals surface area (Å²) >= 11 is 1.61. The molecule has 0 aliphatic heterocycles. The minimum Gasteiger partial charge on any atom is -0.294 e. The van der Waals surface area contributed by atoms with Crippen molar-refractivity contribution < 1.29 is 4.79 Å². The number of aryl methyl sites for hydroxylation is 1. The molecule has 1 aromatic carbocycles. The molecule has 3 rings (SSSR count). The van der Waals surface area contributed by atoms with Gasteiger partial charge in [-0.3, -0.25) is 9.78 Å². The molecular formula is C16H13NOS. The first-order valence-electron chi connectivity index (χ1n) is 6.15. The van der Waals surface area contributed by atoms with Crippen molar-refractivity contribution in [2.24, 2.45) is 0 Å². The van der Waals surface area contributed by atoms with Crippen LogP contribution in [0.1, 0.15) is 21.5 Å². The van der Waals surface area contributed by atoms with Gasteiger partial charge in [0.1, 0.15) is 0 Å². The van der Waals surface area contributed by atoms with Crippen LogP contribution in [0.2, 0.25) is 0 Å². The molecule has 0 aliphatic carbocycles. The first-order valence-corrected chi connectivity index (χ1v) is 7.03. The van der Waals surface area contributed by atoms with E-state index in [0.29, 0.717) is 12.0 Å². The van der Waals surface area contributed by atoms with Crippen molar-refractivity contribution in [1.82, 2.24) is 4.98 Å². The zero-order valence-electron chi connectivity index (χ0n) is 10.6. The number of ketones is 1. The molecule has 0 amide bonds. The molecule has 0 bridgehead atoms. The van der Waals surface area contributed by atoms with Crippen LogP contribution in [0.3, 0.4) is 0 Å². The summed E-state index contributed by atoms with van der Waals surface area (Å²) in [5.41, 5.74) is 3.88. The van der Waals surface area contributed by atoms with E-state index in [0.717, 1.165) is 21.3 Å². The van der Waals surface area contributed by atoms with Crippen LogP contribution in [0.5, 0.6) is 0 Å². The number of nitrogens with zero attached hydrogens (tertiary/aromatic N) is 1. The molecule has 19 heavy (non-hydrogen) atoms. The van der Waals surface area contributed by atoms with E-state index in [1.165, 1.54) is 0 Å². The molecule has 0 aliphatic rings. The minimum absolute atomic E-state index is 0.122. The first-order chi connectivity index (χ1) is 9.24. The number of fused-ring (bicyclic) bond motifs is 1. The Balaban J connectivity index is 1.89. The highest BCUT2D eigenvalue weighted by Crippen LogP contribution is 2.20. The number of hydrogen-bond acceptors (Lipinski definition) is 3. The Morgan fingerprint density at radius 3 is 2.95 bits per heavy atom. The third-order valence-electron chi connectivity index (χ3n) is 3.24. The molecule has 0 unspecified atom stereocenters. The van der Waals surface area contributed by atoms with E-state index in [-0.39, 0.29) is 5.78 Å². The molecule has 2 heterocycles. The Morgan fingerprint density at radius 2 is 2.11 bits per heavy atom. The summed E-state index contributed by atoms with van der Waals surface area (Å²) in [5.74, 6) is 0.122. The molecule has 0 saturated carbocycles. The number of aromatic nitrogens is 1. The van der Waals surface area contributed by atoms with Gasteiger partial charge in [0, 0.05) is 18.2 Å². The zero-order chi connectivity index (χ0) is 13.2. The second-order valence-corrected chi connectivity index (χ2v) is 5.50. The summed E-state index contributed by atoms with van der Waals surface area (Å²) in [6.07, 6.45) is 2.11. The molecule has 0 saturated heterocycles. The summed E-state index contributed by atoms with van der Waals surface area (Å²) in [5, 5.41) is 1.99. The molecule has 0 N–H and O–H groups in total. The molecule has 0 radical (unpaired) electrons. The third-order valence-corrected chi connectivity index (χ3v) is 4.09. The average Bonchev–Trinajstić information content (AvgIpc) is 2.88. The van der Waals surface area contributed by atoms with Gasteiger partial charge in [0.05, 0.1) is 10.2 Å². The number of carbonyl (C=O) groups excluding carboxylic acids is 1. The molecule has 2 aromatic heterocycles. The van der Waals surface area contributed by atoms with Crippen molar-refractivity contribution >= 4 is 27.3 Å². The van der Waals surface area contributed by atoms with Gasteiger partial charge < -0.3 is 0 Å². The van der Waals surface area contributed by atoms with E-state index in [4.69, 9.17) is 0 Å². The van der Waals surface area contributed by atoms with E-state index >= 15 is 0 Å². The Morgan fingerprint density at radius 1 is 1.26 bits per heavy atom. The fraction of sp³-hybridized carbons (Fsp3) is 0.125. The van der Waals surface area contributed by atoms with Crippen molar-refractivity contribution in [1.29, 1.82) is 0 Å². The third kappa shape index (κ3) is 2.42. The standard InChI is InChI=1S/C16H13NOS/c1-11-4-2-3-5-12(11)8-15(18)13-9-16-14(17-10-13)6-7-19-16/h2-7,9-10H,8H2,1H3. The van der Waals surface area contributed by atoms with Gasteiger partial charge >= 0.3 is 0 Å². The quantitative estimate of drug-likeness (QED) is 0.671. The molecule has 0 fully saturated rings. The monoisotopic (exact) mass is 267 g/mol. The van der Waals surface area contributed by atoms with Crippen molar-refractivity contribution in [3.05, 3.63) is 64.7 Å². The second-order valence-electron chi connectivity index (χ2n) is 4.55. The fourth-order valence-corrected chi connectivity index (χ4v) is 2.86. The van der Waals surface area contributed by atoms with Crippen LogP contribution in [0.15, 0.2) is 48.0 Å². The first kappa shape index (κ1) is 12.1. The summed E-state index contributed by atoms with van der Waals surface area (Å²) in [6, 6.07) is 11.9. The van der Waals surface area contributed by atoms with Gasteiger partial charge in [0.2, 0.25) is 0 Å². The van der Waals surface area contributed by atoms with Gasteiger partial charge in [-0.25, -0.2) is 0 Å². The van der Waals surface area contributed by atoms with E-state index in [9.17, 15) is 4.79 Å². The van der Waals surface area contributed by atoms with Crippen LogP contribution in [0, 0.1) is 6.92 Å². The normalized spacial score (nSPS) is 10.8. The molecule has 0 atom stereocenters. The van der Waals surface area contributed by atoms with Gasteiger partial charge in [-0.2, -0.15) is 0 Å². The van der Waals surface area contributed by atoms with Crippen LogP contribution < -0.4 is 0 Å². The SMILES string of the molecule is Cc1ccccc1CC(=O)c1cnc2ccsc2c1. The van der Waals surface area contributed by atoms with Gasteiger partial charge in [-0.1, -0.05) is 24.3 Å². The topological polar surface area (TPSA) is 30.0 Å². The lowest BCUT2D eigenvalue weighted by Crippen LogP contribution is -2.05. The number of benzene rings is 1. The lowest BCUT2D eigenvalue weighted by atomic mass is 10.0. The number of hydrogen-bond donors (Lipinski definition) is 0. The van der Waals surface area contributed by atoms with Gasteiger partial charge in [0.15, 0.2) is 5.78 Å². The maximum Gasteiger partial charge on any atom is 0.168 e. The Kier molecular flexibility index (Phi) is 3.13. The van der Waals surface area contributed by atoms with E-state index in [2.05, 4.69) is 4.98 Å². The largest absolute Gasteiger partial charge is 0.294 e. The van der Waals surface area contributed by atoms with Crippen LogP contribution in [-0.2, 0) is 6.42 Å². The predicted molar refractivity (Wildman–Crippen MR) is 78.8 cm³/mol. The van der Waals surface area contributed by atoms with Gasteiger partial charge in [-0.05, 0) is 35.6 Å². The summed E-state index contributed by atoms with van der Waals surface area (Å²) in [7, 11) is 0. The van der Waals surface area contributed by atoms with Crippen LogP contribution in [0.4, 0.5) is 0 Å². The minimum atomic E-state index is 0.122. The number of carbonyl (C=O) groups is 1. The number of pyridine rings is 1. The average molecular weight is 267 g/mol. The Bertz CT molecular complexity index is 745. The summed E-state index contributed by atoms with van der Waals surface area (Å²) in [4.78, 5) is 16.6. The van der Waals surface area contributed by atoms with E-state index in [1.54, 1.807) is 17.5 Å². The highest BCUT2D eigenvalue weighted by atomic mass is 32.1. The number of thiophene rings is 1. The van der Waals surface area contributed by atoms with Crippen LogP contribution in [-0.4, -0.2) is 10.8 Å². The number of rotatable bonds is 3. The molecule has 3 aromatic rings. The summed E-state index contributed by atoms with van der Waals surface area (Å²) in [6.45, 7) is 2.03. The molecule has 2 nitrogen and oxygen atoms in total. The molecular weight excluding hydrogens is 254 g/mol. The van der Waals surface area contributed by atoms with E-state index < -0.39 is 0 Å². The van der Waals surface area contributed by atoms with Crippen LogP contribution in [0.25, 0.3) is 10.2 Å². The van der Waals surface area contributed by atoms with Crippen molar-refractivity contribution in [3.8, 4) is 0 Å². The van der Waals surface area contributed by atoms with E-state index in [1.807, 2.05) is 48.7 Å². The van der Waals surface area contributed by atoms with Crippen molar-refractivity contribution in [2.75, 3.05) is 0 Å². The predicted octanol–water partition coefficient (Wildman–Crippen LogP) is 4.03. The Hall–Kier alpha value is -2.00. The lowest BCUT2D eigenvalue weighted by Gasteiger charge is -2.04.